The Balaban J connectivity index is 1.42. The Bertz CT molecular complexity index is 1110. The van der Waals surface area contributed by atoms with Crippen LogP contribution in [0.15, 0.2) is 41.2 Å². The number of rotatable bonds is 3. The maximum absolute atomic E-state index is 13.1. The predicted octanol–water partition coefficient (Wildman–Crippen LogP) is 2.31. The number of carbonyl (C=O) groups excluding carboxylic acids is 1. The molecule has 0 unspecified atom stereocenters. The number of ether oxygens (including phenoxy) is 1. The molecule has 32 heavy (non-hydrogen) atoms. The second-order valence-corrected chi connectivity index (χ2v) is 9.78. The number of benzene rings is 1. The largest absolute Gasteiger partial charge is 0.504 e. The van der Waals surface area contributed by atoms with Gasteiger partial charge in [0.05, 0.1) is 29.6 Å². The van der Waals surface area contributed by atoms with E-state index in [2.05, 4.69) is 11.9 Å². The van der Waals surface area contributed by atoms with E-state index in [0.717, 1.165) is 36.1 Å². The van der Waals surface area contributed by atoms with E-state index < -0.39 is 17.1 Å². The smallest absolute Gasteiger partial charge is 0.246 e. The van der Waals surface area contributed by atoms with Crippen molar-refractivity contribution < 1.29 is 24.2 Å². The van der Waals surface area contributed by atoms with Gasteiger partial charge in [-0.3, -0.25) is 4.79 Å². The van der Waals surface area contributed by atoms with Gasteiger partial charge in [-0.2, -0.15) is 0 Å². The van der Waals surface area contributed by atoms with Gasteiger partial charge in [0.2, 0.25) is 5.91 Å². The van der Waals surface area contributed by atoms with Crippen LogP contribution in [0.5, 0.6) is 11.5 Å². The lowest BCUT2D eigenvalue weighted by molar-refractivity contribution is -0.195. The molecule has 2 N–H and O–H groups in total. The van der Waals surface area contributed by atoms with Crippen molar-refractivity contribution >= 4 is 12.0 Å². The van der Waals surface area contributed by atoms with Gasteiger partial charge in [-0.15, -0.1) is 0 Å². The molecule has 7 nitrogen and oxygen atoms in total. The minimum absolute atomic E-state index is 0.00622. The van der Waals surface area contributed by atoms with E-state index in [4.69, 9.17) is 9.15 Å². The van der Waals surface area contributed by atoms with Gasteiger partial charge in [0.25, 0.3) is 0 Å². The van der Waals surface area contributed by atoms with Crippen LogP contribution in [0.4, 0.5) is 0 Å². The van der Waals surface area contributed by atoms with Gasteiger partial charge in [0.15, 0.2) is 11.5 Å². The number of aliphatic hydroxyl groups is 1. The van der Waals surface area contributed by atoms with Gasteiger partial charge in [0.1, 0.15) is 6.10 Å². The Kier molecular flexibility index (Phi) is 4.11. The summed E-state index contributed by atoms with van der Waals surface area (Å²) in [5.74, 6) is 0.484. The second-order valence-electron chi connectivity index (χ2n) is 9.78. The third kappa shape index (κ3) is 2.35. The van der Waals surface area contributed by atoms with Crippen LogP contribution in [0, 0.1) is 0 Å². The number of piperidine rings is 1. The molecule has 1 saturated heterocycles. The average Bonchev–Trinajstić information content (AvgIpc) is 3.41. The Labute approximate surface area is 186 Å². The number of carbonyl (C=O) groups is 1. The van der Waals surface area contributed by atoms with E-state index in [0.29, 0.717) is 18.6 Å². The van der Waals surface area contributed by atoms with Gasteiger partial charge in [0, 0.05) is 30.3 Å². The average molecular weight is 437 g/mol. The fraction of sp³-hybridized carbons (Fsp3) is 0.480. The molecule has 7 heteroatoms. The highest BCUT2D eigenvalue weighted by Crippen LogP contribution is 2.65. The second kappa shape index (κ2) is 6.62. The number of hydrogen-bond donors (Lipinski definition) is 2. The van der Waals surface area contributed by atoms with Crippen LogP contribution in [0.3, 0.4) is 0 Å². The number of phenols is 1. The summed E-state index contributed by atoms with van der Waals surface area (Å²) in [4.78, 5) is 17.1. The lowest BCUT2D eigenvalue weighted by atomic mass is 9.48. The maximum atomic E-state index is 13.1. The monoisotopic (exact) mass is 436 g/mol. The lowest BCUT2D eigenvalue weighted by Gasteiger charge is -2.64. The Morgan fingerprint density at radius 2 is 2.16 bits per heavy atom. The summed E-state index contributed by atoms with van der Waals surface area (Å²) in [6.45, 7) is 0.839. The zero-order chi connectivity index (χ0) is 22.3. The van der Waals surface area contributed by atoms with E-state index in [1.54, 1.807) is 48.8 Å². The summed E-state index contributed by atoms with van der Waals surface area (Å²) in [7, 11) is 3.88. The highest BCUT2D eigenvalue weighted by Gasteiger charge is 2.73. The first kappa shape index (κ1) is 19.9. The number of aromatic hydroxyl groups is 1. The van der Waals surface area contributed by atoms with Gasteiger partial charge in [-0.05, 0) is 63.0 Å². The molecule has 0 radical (unpaired) electrons. The summed E-state index contributed by atoms with van der Waals surface area (Å²) in [5.41, 5.74) is 1.35. The third-order valence-electron chi connectivity index (χ3n) is 8.51. The number of phenolic OH excluding ortho intramolecular Hbond substituents is 1. The molecule has 1 saturated carbocycles. The van der Waals surface area contributed by atoms with Crippen molar-refractivity contribution in [2.75, 3.05) is 20.6 Å². The normalized spacial score (nSPS) is 34.9. The fourth-order valence-electron chi connectivity index (χ4n) is 6.94. The van der Waals surface area contributed by atoms with Crippen molar-refractivity contribution in [1.29, 1.82) is 0 Å². The van der Waals surface area contributed by atoms with E-state index in [-0.39, 0.29) is 23.7 Å². The Morgan fingerprint density at radius 3 is 2.94 bits per heavy atom. The number of likely N-dealkylation sites (tertiary alicyclic amines) is 1. The topological polar surface area (TPSA) is 86.4 Å². The lowest BCUT2D eigenvalue weighted by Crippen LogP contribution is -2.77. The molecule has 1 aromatic heterocycles. The molecule has 1 aromatic carbocycles. The molecule has 1 amide bonds. The molecule has 1 spiro atoms. The SMILES string of the molecule is CN1CC[C@]23c4c5ccc(O)c4O[C@H]2[C@H](N(C)C(=O)/C=C/c2ccoc2)CC[C@@]3(O)[C@H]1C5. The van der Waals surface area contributed by atoms with E-state index in [9.17, 15) is 15.0 Å². The highest BCUT2D eigenvalue weighted by molar-refractivity contribution is 5.91. The van der Waals surface area contributed by atoms with E-state index >= 15 is 0 Å². The minimum Gasteiger partial charge on any atom is -0.504 e. The molecule has 2 fully saturated rings. The number of likely N-dealkylation sites (N-methyl/N-ethyl adjacent to an activating group) is 2. The fourth-order valence-corrected chi connectivity index (χ4v) is 6.94. The number of nitrogens with zero attached hydrogens (tertiary/aromatic N) is 2. The molecule has 5 atom stereocenters. The van der Waals surface area contributed by atoms with Gasteiger partial charge < -0.3 is 29.2 Å². The summed E-state index contributed by atoms with van der Waals surface area (Å²) >= 11 is 0. The van der Waals surface area contributed by atoms with Crippen molar-refractivity contribution in [3.8, 4) is 11.5 Å². The van der Waals surface area contributed by atoms with Crippen LogP contribution in [0.2, 0.25) is 0 Å². The van der Waals surface area contributed by atoms with Crippen molar-refractivity contribution in [3.63, 3.8) is 0 Å². The van der Waals surface area contributed by atoms with E-state index in [1.165, 1.54) is 0 Å². The summed E-state index contributed by atoms with van der Waals surface area (Å²) < 4.78 is 11.6. The number of furan rings is 1. The summed E-state index contributed by atoms with van der Waals surface area (Å²) in [6.07, 6.45) is 8.73. The van der Waals surface area contributed by atoms with Crippen molar-refractivity contribution in [3.05, 3.63) is 53.5 Å². The molecule has 2 aliphatic carbocycles. The molecule has 2 aromatic rings. The van der Waals surface area contributed by atoms with Gasteiger partial charge in [-0.25, -0.2) is 0 Å². The van der Waals surface area contributed by atoms with E-state index in [1.807, 2.05) is 6.07 Å². The maximum Gasteiger partial charge on any atom is 0.246 e. The highest BCUT2D eigenvalue weighted by atomic mass is 16.5. The van der Waals surface area contributed by atoms with Crippen molar-refractivity contribution in [2.24, 2.45) is 0 Å². The quantitative estimate of drug-likeness (QED) is 0.719. The molecule has 168 valence electrons. The van der Waals surface area contributed by atoms with Crippen LogP contribution in [0.25, 0.3) is 6.08 Å². The summed E-state index contributed by atoms with van der Waals surface area (Å²) in [6, 6.07) is 5.25. The summed E-state index contributed by atoms with van der Waals surface area (Å²) in [5, 5.41) is 22.9. The minimum atomic E-state index is -0.955. The number of amides is 1. The molecular weight excluding hydrogens is 408 g/mol. The van der Waals surface area contributed by atoms with Gasteiger partial charge >= 0.3 is 0 Å². The van der Waals surface area contributed by atoms with Gasteiger partial charge in [-0.1, -0.05) is 6.07 Å². The third-order valence-corrected chi connectivity index (χ3v) is 8.51. The van der Waals surface area contributed by atoms with Crippen LogP contribution >= 0.6 is 0 Å². The van der Waals surface area contributed by atoms with Crippen molar-refractivity contribution in [2.45, 2.75) is 54.9 Å². The van der Waals surface area contributed by atoms with Crippen LogP contribution in [-0.2, 0) is 16.6 Å². The molecule has 2 bridgehead atoms. The first-order chi connectivity index (χ1) is 15.4. The first-order valence-corrected chi connectivity index (χ1v) is 11.3. The zero-order valence-electron chi connectivity index (χ0n) is 18.3. The molecule has 2 aliphatic heterocycles. The first-order valence-electron chi connectivity index (χ1n) is 11.3. The Hall–Kier alpha value is -2.77. The van der Waals surface area contributed by atoms with Crippen LogP contribution < -0.4 is 4.74 Å². The molecule has 4 aliphatic rings. The molecule has 6 rings (SSSR count). The predicted molar refractivity (Wildman–Crippen MR) is 117 cm³/mol. The Morgan fingerprint density at radius 1 is 1.31 bits per heavy atom. The standard InChI is InChI=1S/C25H28N2O5/c1-26-11-10-24-21-16-4-5-18(28)22(21)32-23(24)17(7-9-25(24,30)19(26)13-16)27(2)20(29)6-3-15-8-12-31-14-15/h3-6,8,12,14,17,19,23,28,30H,7,9-11,13H2,1-2H3/b6-3+/t17-,19-,23+,24+,25-/m1/s1. The zero-order valence-corrected chi connectivity index (χ0v) is 18.3. The van der Waals surface area contributed by atoms with Crippen LogP contribution in [0.1, 0.15) is 36.0 Å². The van der Waals surface area contributed by atoms with Crippen molar-refractivity contribution in [1.82, 2.24) is 9.80 Å². The molecular formula is C25H28N2O5. The number of hydrogen-bond acceptors (Lipinski definition) is 6. The van der Waals surface area contributed by atoms with Crippen LogP contribution in [-0.4, -0.2) is 70.3 Å². The molecule has 3 heterocycles.